The zero-order valence-electron chi connectivity index (χ0n) is 7.36. The van der Waals surface area contributed by atoms with Crippen LogP contribution in [0.4, 0.5) is 11.6 Å². The molecule has 0 amide bonds. The first-order valence-electron chi connectivity index (χ1n) is 3.88. The summed E-state index contributed by atoms with van der Waals surface area (Å²) in [7, 11) is 1.33. The van der Waals surface area contributed by atoms with Crippen molar-refractivity contribution in [3.8, 4) is 0 Å². The lowest BCUT2D eigenvalue weighted by Gasteiger charge is -2.01. The summed E-state index contributed by atoms with van der Waals surface area (Å²) in [5.74, 6) is 0.167. The Morgan fingerprint density at radius 3 is 2.60 bits per heavy atom. The highest BCUT2D eigenvalue weighted by molar-refractivity contribution is 8.13. The van der Waals surface area contributed by atoms with Crippen molar-refractivity contribution in [2.45, 2.75) is 4.90 Å². The van der Waals surface area contributed by atoms with E-state index in [2.05, 4.69) is 9.97 Å². The van der Waals surface area contributed by atoms with Crippen LogP contribution in [0.1, 0.15) is 0 Å². The number of H-pyrrole nitrogens is 1. The molecule has 8 heteroatoms. The number of nitrogens with two attached hydrogens (primary N) is 2. The topological polar surface area (TPSA) is 115 Å². The lowest BCUT2D eigenvalue weighted by atomic mass is 10.3. The highest BCUT2D eigenvalue weighted by atomic mass is 35.7. The summed E-state index contributed by atoms with van der Waals surface area (Å²) in [6.07, 6.45) is 0. The molecule has 80 valence electrons. The van der Waals surface area contributed by atoms with E-state index in [0.717, 1.165) is 0 Å². The highest BCUT2D eigenvalue weighted by Gasteiger charge is 2.17. The van der Waals surface area contributed by atoms with Crippen molar-refractivity contribution < 1.29 is 8.42 Å². The summed E-state index contributed by atoms with van der Waals surface area (Å²) in [5, 5.41) is 0. The second-order valence-corrected chi connectivity index (χ2v) is 5.47. The van der Waals surface area contributed by atoms with E-state index in [1.807, 2.05) is 0 Å². The zero-order chi connectivity index (χ0) is 11.2. The number of imidazole rings is 1. The summed E-state index contributed by atoms with van der Waals surface area (Å²) in [5.41, 5.74) is 11.9. The fourth-order valence-corrected chi connectivity index (χ4v) is 2.30. The van der Waals surface area contributed by atoms with Crippen molar-refractivity contribution in [1.29, 1.82) is 0 Å². The lowest BCUT2D eigenvalue weighted by molar-refractivity contribution is 0.610. The van der Waals surface area contributed by atoms with Crippen LogP contribution in [0.2, 0.25) is 0 Å². The predicted octanol–water partition coefficient (Wildman–Crippen LogP) is 0.655. The van der Waals surface area contributed by atoms with Gasteiger partial charge in [0, 0.05) is 10.7 Å². The van der Waals surface area contributed by atoms with Crippen molar-refractivity contribution in [2.24, 2.45) is 0 Å². The molecule has 0 aliphatic carbocycles. The number of hydrogen-bond donors (Lipinski definition) is 3. The maximum atomic E-state index is 11.1. The van der Waals surface area contributed by atoms with Crippen molar-refractivity contribution in [1.82, 2.24) is 9.97 Å². The van der Waals surface area contributed by atoms with Crippen LogP contribution in [0.25, 0.3) is 11.0 Å². The van der Waals surface area contributed by atoms with Gasteiger partial charge >= 0.3 is 0 Å². The van der Waals surface area contributed by atoms with E-state index in [-0.39, 0.29) is 16.5 Å². The summed E-state index contributed by atoms with van der Waals surface area (Å²) in [6, 6.07) is 2.81. The molecule has 6 nitrogen and oxygen atoms in total. The van der Waals surface area contributed by atoms with Gasteiger partial charge in [-0.05, 0) is 12.1 Å². The van der Waals surface area contributed by atoms with Crippen LogP contribution in [0.3, 0.4) is 0 Å². The van der Waals surface area contributed by atoms with Gasteiger partial charge in [-0.2, -0.15) is 0 Å². The van der Waals surface area contributed by atoms with Crippen LogP contribution in [-0.2, 0) is 9.05 Å². The molecule has 0 fully saturated rings. The second-order valence-electron chi connectivity index (χ2n) is 2.93. The lowest BCUT2D eigenvalue weighted by Crippen LogP contribution is -1.98. The largest absolute Gasteiger partial charge is 0.396 e. The van der Waals surface area contributed by atoms with Crippen LogP contribution in [-0.4, -0.2) is 18.4 Å². The molecular formula is C7H7ClN4O2S. The number of aromatic nitrogens is 2. The van der Waals surface area contributed by atoms with E-state index in [4.69, 9.17) is 22.1 Å². The Hall–Kier alpha value is -1.47. The first-order valence-corrected chi connectivity index (χ1v) is 6.19. The minimum absolute atomic E-state index is 0.00421. The highest BCUT2D eigenvalue weighted by Crippen LogP contribution is 2.29. The average Bonchev–Trinajstić information content (AvgIpc) is 2.44. The van der Waals surface area contributed by atoms with Gasteiger partial charge in [0.2, 0.25) is 0 Å². The maximum absolute atomic E-state index is 11.1. The van der Waals surface area contributed by atoms with Gasteiger partial charge < -0.3 is 16.5 Å². The fourth-order valence-electron chi connectivity index (χ4n) is 1.31. The molecule has 0 atom stereocenters. The predicted molar refractivity (Wildman–Crippen MR) is 58.0 cm³/mol. The molecule has 1 aromatic heterocycles. The first-order chi connectivity index (χ1) is 6.89. The Balaban J connectivity index is 2.87. The minimum atomic E-state index is -3.86. The maximum Gasteiger partial charge on any atom is 0.263 e. The Labute approximate surface area is 89.7 Å². The van der Waals surface area contributed by atoms with Gasteiger partial charge in [-0.15, -0.1) is 0 Å². The van der Waals surface area contributed by atoms with Gasteiger partial charge in [-0.3, -0.25) is 0 Å². The summed E-state index contributed by atoms with van der Waals surface area (Å²) < 4.78 is 22.2. The summed E-state index contributed by atoms with van der Waals surface area (Å²) >= 11 is 0. The molecule has 2 rings (SSSR count). The molecule has 1 aromatic carbocycles. The molecule has 0 aliphatic heterocycles. The number of benzene rings is 1. The van der Waals surface area contributed by atoms with Crippen molar-refractivity contribution >= 4 is 42.4 Å². The van der Waals surface area contributed by atoms with E-state index in [1.165, 1.54) is 12.1 Å². The van der Waals surface area contributed by atoms with Crippen molar-refractivity contribution in [3.63, 3.8) is 0 Å². The minimum Gasteiger partial charge on any atom is -0.396 e. The molecule has 5 N–H and O–H groups in total. The molecule has 0 saturated heterocycles. The number of rotatable bonds is 1. The normalized spacial score (nSPS) is 12.1. The Bertz CT molecular complexity index is 634. The number of nitrogens with zero attached hydrogens (tertiary/aromatic N) is 1. The molecule has 0 aliphatic rings. The van der Waals surface area contributed by atoms with Crippen LogP contribution >= 0.6 is 10.7 Å². The first kappa shape index (κ1) is 10.1. The zero-order valence-corrected chi connectivity index (χ0v) is 8.93. The molecular weight excluding hydrogens is 240 g/mol. The van der Waals surface area contributed by atoms with E-state index in [9.17, 15) is 8.42 Å². The summed E-state index contributed by atoms with van der Waals surface area (Å²) in [4.78, 5) is 6.42. The number of aromatic amines is 1. The molecule has 0 spiro atoms. The molecule has 0 saturated carbocycles. The number of hydrogen-bond acceptors (Lipinski definition) is 5. The quantitative estimate of drug-likeness (QED) is 0.505. The van der Waals surface area contributed by atoms with Gasteiger partial charge in [-0.1, -0.05) is 0 Å². The third-order valence-corrected chi connectivity index (χ3v) is 3.31. The SMILES string of the molecule is Nc1nc2c(N)c(S(=O)(=O)Cl)ccc2[nH]1. The Morgan fingerprint density at radius 2 is 2.00 bits per heavy atom. The average molecular weight is 247 g/mol. The van der Waals surface area contributed by atoms with Gasteiger partial charge in [0.05, 0.1) is 11.2 Å². The van der Waals surface area contributed by atoms with E-state index in [0.29, 0.717) is 11.0 Å². The van der Waals surface area contributed by atoms with Crippen molar-refractivity contribution in [3.05, 3.63) is 12.1 Å². The van der Waals surface area contributed by atoms with E-state index < -0.39 is 9.05 Å². The standard InChI is InChI=1S/C7H7ClN4O2S/c8-15(13,14)4-2-1-3-6(5(4)9)12-7(10)11-3/h1-2H,9H2,(H3,10,11,12). The van der Waals surface area contributed by atoms with E-state index in [1.54, 1.807) is 0 Å². The van der Waals surface area contributed by atoms with Gasteiger partial charge in [0.1, 0.15) is 10.4 Å². The molecule has 0 unspecified atom stereocenters. The smallest absolute Gasteiger partial charge is 0.263 e. The number of anilines is 2. The van der Waals surface area contributed by atoms with Gasteiger partial charge in [0.15, 0.2) is 5.95 Å². The third kappa shape index (κ3) is 1.59. The van der Waals surface area contributed by atoms with Crippen LogP contribution < -0.4 is 11.5 Å². The van der Waals surface area contributed by atoms with Crippen LogP contribution in [0, 0.1) is 0 Å². The van der Waals surface area contributed by atoms with Crippen molar-refractivity contribution in [2.75, 3.05) is 11.5 Å². The second kappa shape index (κ2) is 3.01. The number of halogens is 1. The number of nitrogen functional groups attached to an aromatic ring is 2. The molecule has 0 bridgehead atoms. The number of nitrogens with one attached hydrogen (secondary N) is 1. The Kier molecular flexibility index (Phi) is 2.02. The third-order valence-electron chi connectivity index (χ3n) is 1.93. The number of fused-ring (bicyclic) bond motifs is 1. The molecule has 0 radical (unpaired) electrons. The van der Waals surface area contributed by atoms with Crippen LogP contribution in [0.15, 0.2) is 17.0 Å². The summed E-state index contributed by atoms with van der Waals surface area (Å²) in [6.45, 7) is 0. The van der Waals surface area contributed by atoms with Gasteiger partial charge in [0.25, 0.3) is 9.05 Å². The van der Waals surface area contributed by atoms with Gasteiger partial charge in [-0.25, -0.2) is 13.4 Å². The Morgan fingerprint density at radius 1 is 1.33 bits per heavy atom. The molecule has 15 heavy (non-hydrogen) atoms. The molecule has 2 aromatic rings. The fraction of sp³-hybridized carbons (Fsp3) is 0. The van der Waals surface area contributed by atoms with Crippen LogP contribution in [0.5, 0.6) is 0 Å². The monoisotopic (exact) mass is 246 g/mol. The molecule has 1 heterocycles. The van der Waals surface area contributed by atoms with E-state index >= 15 is 0 Å².